The molecule has 1 saturated carbocycles. The zero-order chi connectivity index (χ0) is 10.0. The van der Waals surface area contributed by atoms with Gasteiger partial charge in [-0.3, -0.25) is 4.79 Å². The molecule has 0 radical (unpaired) electrons. The van der Waals surface area contributed by atoms with E-state index in [2.05, 4.69) is 5.32 Å². The SMILES string of the molecule is CCOC(=O)C1NCC12CCCCC2. The Bertz CT molecular complexity index is 221. The van der Waals surface area contributed by atoms with Crippen LogP contribution in [0, 0.1) is 5.41 Å². The Hall–Kier alpha value is -0.570. The van der Waals surface area contributed by atoms with Gasteiger partial charge in [-0.1, -0.05) is 19.3 Å². The first-order valence-electron chi connectivity index (χ1n) is 5.68. The summed E-state index contributed by atoms with van der Waals surface area (Å²) in [5, 5.41) is 3.22. The van der Waals surface area contributed by atoms with Crippen LogP contribution >= 0.6 is 0 Å². The van der Waals surface area contributed by atoms with Crippen molar-refractivity contribution in [3.8, 4) is 0 Å². The van der Waals surface area contributed by atoms with Crippen LogP contribution in [0.3, 0.4) is 0 Å². The van der Waals surface area contributed by atoms with Gasteiger partial charge in [-0.15, -0.1) is 0 Å². The van der Waals surface area contributed by atoms with Crippen molar-refractivity contribution in [1.29, 1.82) is 0 Å². The van der Waals surface area contributed by atoms with E-state index in [0.29, 0.717) is 6.61 Å². The number of carbonyl (C=O) groups is 1. The highest BCUT2D eigenvalue weighted by atomic mass is 16.5. The second kappa shape index (κ2) is 3.89. The number of nitrogens with one attached hydrogen (secondary N) is 1. The first-order valence-corrected chi connectivity index (χ1v) is 5.68. The van der Waals surface area contributed by atoms with E-state index in [9.17, 15) is 4.79 Å². The summed E-state index contributed by atoms with van der Waals surface area (Å²) in [4.78, 5) is 11.6. The number of hydrogen-bond donors (Lipinski definition) is 1. The molecular formula is C11H19NO2. The van der Waals surface area contributed by atoms with Crippen LogP contribution in [0.5, 0.6) is 0 Å². The van der Waals surface area contributed by atoms with Crippen LogP contribution in [0.2, 0.25) is 0 Å². The molecule has 1 saturated heterocycles. The molecule has 2 aliphatic rings. The predicted molar refractivity (Wildman–Crippen MR) is 53.9 cm³/mol. The largest absolute Gasteiger partial charge is 0.465 e. The molecule has 0 aromatic heterocycles. The fourth-order valence-corrected chi connectivity index (χ4v) is 2.77. The van der Waals surface area contributed by atoms with Gasteiger partial charge in [-0.25, -0.2) is 0 Å². The maximum absolute atomic E-state index is 11.6. The Labute approximate surface area is 85.2 Å². The number of hydrogen-bond acceptors (Lipinski definition) is 3. The summed E-state index contributed by atoms with van der Waals surface area (Å²) in [6, 6.07) is -0.0113. The fraction of sp³-hybridized carbons (Fsp3) is 0.909. The standard InChI is InChI=1S/C11H19NO2/c1-2-14-10(13)9-11(8-12-9)6-4-3-5-7-11/h9,12H,2-8H2,1H3. The molecule has 1 aliphatic heterocycles. The normalized spacial score (nSPS) is 29.6. The highest BCUT2D eigenvalue weighted by Crippen LogP contribution is 2.44. The van der Waals surface area contributed by atoms with Crippen molar-refractivity contribution in [1.82, 2.24) is 5.32 Å². The van der Waals surface area contributed by atoms with Gasteiger partial charge >= 0.3 is 5.97 Å². The van der Waals surface area contributed by atoms with Gasteiger partial charge in [0.15, 0.2) is 0 Å². The van der Waals surface area contributed by atoms with Gasteiger partial charge in [0.25, 0.3) is 0 Å². The van der Waals surface area contributed by atoms with Gasteiger partial charge in [-0.2, -0.15) is 0 Å². The van der Waals surface area contributed by atoms with Crippen molar-refractivity contribution in [2.75, 3.05) is 13.2 Å². The quantitative estimate of drug-likeness (QED) is 0.681. The maximum atomic E-state index is 11.6. The lowest BCUT2D eigenvalue weighted by Crippen LogP contribution is -2.66. The highest BCUT2D eigenvalue weighted by molar-refractivity contribution is 5.78. The van der Waals surface area contributed by atoms with Crippen LogP contribution < -0.4 is 5.32 Å². The minimum absolute atomic E-state index is 0.0113. The molecule has 3 nitrogen and oxygen atoms in total. The van der Waals surface area contributed by atoms with Crippen molar-refractivity contribution >= 4 is 5.97 Å². The molecular weight excluding hydrogens is 178 g/mol. The van der Waals surface area contributed by atoms with Gasteiger partial charge < -0.3 is 10.1 Å². The number of rotatable bonds is 2. The molecule has 0 aromatic carbocycles. The molecule has 0 bridgehead atoms. The highest BCUT2D eigenvalue weighted by Gasteiger charge is 2.51. The first kappa shape index (κ1) is 9.97. The molecule has 2 rings (SSSR count). The summed E-state index contributed by atoms with van der Waals surface area (Å²) >= 11 is 0. The molecule has 0 aromatic rings. The molecule has 1 spiro atoms. The topological polar surface area (TPSA) is 38.3 Å². The first-order chi connectivity index (χ1) is 6.78. The van der Waals surface area contributed by atoms with Gasteiger partial charge in [0.2, 0.25) is 0 Å². The lowest BCUT2D eigenvalue weighted by Gasteiger charge is -2.51. The lowest BCUT2D eigenvalue weighted by atomic mass is 9.64. The molecule has 1 N–H and O–H groups in total. The third-order valence-corrected chi connectivity index (χ3v) is 3.64. The Morgan fingerprint density at radius 3 is 2.64 bits per heavy atom. The second-order valence-corrected chi connectivity index (χ2v) is 4.49. The molecule has 1 heterocycles. The van der Waals surface area contributed by atoms with Crippen molar-refractivity contribution in [2.45, 2.75) is 45.1 Å². The van der Waals surface area contributed by atoms with Gasteiger partial charge in [0.05, 0.1) is 6.61 Å². The minimum atomic E-state index is -0.0411. The van der Waals surface area contributed by atoms with Crippen molar-refractivity contribution in [3.63, 3.8) is 0 Å². The summed E-state index contributed by atoms with van der Waals surface area (Å²) in [7, 11) is 0. The summed E-state index contributed by atoms with van der Waals surface area (Å²) in [6.07, 6.45) is 6.28. The van der Waals surface area contributed by atoms with E-state index < -0.39 is 0 Å². The van der Waals surface area contributed by atoms with E-state index in [4.69, 9.17) is 4.74 Å². The van der Waals surface area contributed by atoms with Crippen LogP contribution in [0.15, 0.2) is 0 Å². The Morgan fingerprint density at radius 2 is 2.14 bits per heavy atom. The van der Waals surface area contributed by atoms with Gasteiger partial charge in [0, 0.05) is 12.0 Å². The smallest absolute Gasteiger partial charge is 0.323 e. The van der Waals surface area contributed by atoms with Crippen molar-refractivity contribution in [3.05, 3.63) is 0 Å². The lowest BCUT2D eigenvalue weighted by molar-refractivity contribution is -0.156. The Morgan fingerprint density at radius 1 is 1.43 bits per heavy atom. The average Bonchev–Trinajstić information content (AvgIpc) is 2.18. The van der Waals surface area contributed by atoms with Crippen LogP contribution in [0.1, 0.15) is 39.0 Å². The van der Waals surface area contributed by atoms with Crippen LogP contribution in [-0.2, 0) is 9.53 Å². The summed E-state index contributed by atoms with van der Waals surface area (Å²) in [5.74, 6) is -0.0411. The van der Waals surface area contributed by atoms with Crippen molar-refractivity contribution in [2.24, 2.45) is 5.41 Å². The van der Waals surface area contributed by atoms with E-state index in [1.54, 1.807) is 0 Å². The second-order valence-electron chi connectivity index (χ2n) is 4.49. The van der Waals surface area contributed by atoms with Crippen LogP contribution in [0.25, 0.3) is 0 Å². The molecule has 1 atom stereocenters. The molecule has 3 heteroatoms. The van der Waals surface area contributed by atoms with Crippen LogP contribution in [0.4, 0.5) is 0 Å². The molecule has 2 fully saturated rings. The molecule has 14 heavy (non-hydrogen) atoms. The van der Waals surface area contributed by atoms with Crippen molar-refractivity contribution < 1.29 is 9.53 Å². The molecule has 80 valence electrons. The Balaban J connectivity index is 1.96. The van der Waals surface area contributed by atoms with Crippen LogP contribution in [-0.4, -0.2) is 25.2 Å². The van der Waals surface area contributed by atoms with E-state index >= 15 is 0 Å². The molecule has 1 unspecified atom stereocenters. The molecule has 1 aliphatic carbocycles. The summed E-state index contributed by atoms with van der Waals surface area (Å²) in [6.45, 7) is 3.37. The van der Waals surface area contributed by atoms with E-state index in [1.807, 2.05) is 6.92 Å². The number of esters is 1. The fourth-order valence-electron chi connectivity index (χ4n) is 2.77. The number of carbonyl (C=O) groups excluding carboxylic acids is 1. The third-order valence-electron chi connectivity index (χ3n) is 3.64. The third kappa shape index (κ3) is 1.54. The zero-order valence-electron chi connectivity index (χ0n) is 8.84. The zero-order valence-corrected chi connectivity index (χ0v) is 8.84. The van der Waals surface area contributed by atoms with Gasteiger partial charge in [-0.05, 0) is 19.8 Å². The predicted octanol–water partition coefficient (Wildman–Crippen LogP) is 1.47. The monoisotopic (exact) mass is 197 g/mol. The summed E-state index contributed by atoms with van der Waals surface area (Å²) < 4.78 is 5.07. The summed E-state index contributed by atoms with van der Waals surface area (Å²) in [5.41, 5.74) is 0.254. The Kier molecular flexibility index (Phi) is 2.77. The minimum Gasteiger partial charge on any atom is -0.465 e. The van der Waals surface area contributed by atoms with Gasteiger partial charge in [0.1, 0.15) is 6.04 Å². The number of ether oxygens (including phenoxy) is 1. The maximum Gasteiger partial charge on any atom is 0.323 e. The molecule has 0 amide bonds. The van der Waals surface area contributed by atoms with E-state index in [0.717, 1.165) is 6.54 Å². The average molecular weight is 197 g/mol. The van der Waals surface area contributed by atoms with E-state index in [-0.39, 0.29) is 17.4 Å². The van der Waals surface area contributed by atoms with E-state index in [1.165, 1.54) is 32.1 Å².